The number of nitrogens with one attached hydrogen (secondary N) is 1. The van der Waals surface area contributed by atoms with Gasteiger partial charge in [-0.15, -0.1) is 0 Å². The Bertz CT molecular complexity index is 328. The van der Waals surface area contributed by atoms with Crippen LogP contribution in [0.3, 0.4) is 0 Å². The molecule has 1 aromatic rings. The summed E-state index contributed by atoms with van der Waals surface area (Å²) in [6.45, 7) is 9.98. The van der Waals surface area contributed by atoms with Crippen molar-refractivity contribution in [3.63, 3.8) is 0 Å². The highest BCUT2D eigenvalue weighted by atomic mass is 79.9. The lowest BCUT2D eigenvalue weighted by molar-refractivity contribution is 0.381. The van der Waals surface area contributed by atoms with E-state index >= 15 is 0 Å². The van der Waals surface area contributed by atoms with Crippen LogP contribution in [0.1, 0.15) is 33.3 Å². The number of benzene rings is 1. The molecule has 0 fully saturated rings. The van der Waals surface area contributed by atoms with Crippen molar-refractivity contribution in [2.75, 3.05) is 6.54 Å². The minimum Gasteiger partial charge on any atom is -0.312 e. The van der Waals surface area contributed by atoms with Gasteiger partial charge >= 0.3 is 0 Å². The standard InChI is InChI=1S/C14H22BrN/c1-11(10-16-14(2,3)4)8-12-6-5-7-13(15)9-12/h5-7,9,11,16H,8,10H2,1-4H3. The van der Waals surface area contributed by atoms with E-state index in [1.54, 1.807) is 0 Å². The lowest BCUT2D eigenvalue weighted by atomic mass is 9.99. The zero-order valence-corrected chi connectivity index (χ0v) is 12.3. The fourth-order valence-electron chi connectivity index (χ4n) is 1.62. The fraction of sp³-hybridized carbons (Fsp3) is 0.571. The van der Waals surface area contributed by atoms with E-state index in [1.165, 1.54) is 10.0 Å². The third-order valence-electron chi connectivity index (χ3n) is 2.45. The van der Waals surface area contributed by atoms with Crippen LogP contribution < -0.4 is 5.32 Å². The van der Waals surface area contributed by atoms with Gasteiger partial charge in [0, 0.05) is 10.0 Å². The molecular weight excluding hydrogens is 262 g/mol. The minimum absolute atomic E-state index is 0.214. The average Bonchev–Trinajstić information content (AvgIpc) is 2.14. The van der Waals surface area contributed by atoms with Crippen molar-refractivity contribution < 1.29 is 0 Å². The molecule has 1 rings (SSSR count). The molecule has 1 N–H and O–H groups in total. The van der Waals surface area contributed by atoms with Gasteiger partial charge in [0.1, 0.15) is 0 Å². The second kappa shape index (κ2) is 5.83. The van der Waals surface area contributed by atoms with Gasteiger partial charge < -0.3 is 5.32 Å². The van der Waals surface area contributed by atoms with Crippen LogP contribution in [0.4, 0.5) is 0 Å². The number of rotatable bonds is 4. The summed E-state index contributed by atoms with van der Waals surface area (Å²) in [5.41, 5.74) is 1.61. The zero-order chi connectivity index (χ0) is 12.2. The highest BCUT2D eigenvalue weighted by Crippen LogP contribution is 2.15. The average molecular weight is 284 g/mol. The summed E-state index contributed by atoms with van der Waals surface area (Å²) in [7, 11) is 0. The van der Waals surface area contributed by atoms with Crippen molar-refractivity contribution in [2.45, 2.75) is 39.7 Å². The molecule has 0 aromatic heterocycles. The van der Waals surface area contributed by atoms with Crippen molar-refractivity contribution in [3.05, 3.63) is 34.3 Å². The summed E-state index contributed by atoms with van der Waals surface area (Å²) >= 11 is 3.51. The number of hydrogen-bond acceptors (Lipinski definition) is 1. The molecule has 1 atom stereocenters. The number of halogens is 1. The smallest absolute Gasteiger partial charge is 0.0177 e. The Morgan fingerprint density at radius 2 is 2.00 bits per heavy atom. The van der Waals surface area contributed by atoms with Gasteiger partial charge in [0.05, 0.1) is 0 Å². The molecule has 0 aliphatic heterocycles. The molecule has 0 amide bonds. The molecule has 0 spiro atoms. The van der Waals surface area contributed by atoms with Crippen molar-refractivity contribution in [3.8, 4) is 0 Å². The van der Waals surface area contributed by atoms with E-state index in [4.69, 9.17) is 0 Å². The van der Waals surface area contributed by atoms with Crippen LogP contribution in [-0.4, -0.2) is 12.1 Å². The van der Waals surface area contributed by atoms with E-state index in [0.717, 1.165) is 13.0 Å². The summed E-state index contributed by atoms with van der Waals surface area (Å²) in [6, 6.07) is 8.57. The summed E-state index contributed by atoms with van der Waals surface area (Å²) in [4.78, 5) is 0. The predicted octanol–water partition coefficient (Wildman–Crippen LogP) is 4.02. The van der Waals surface area contributed by atoms with Crippen LogP contribution in [0.5, 0.6) is 0 Å². The lowest BCUT2D eigenvalue weighted by Gasteiger charge is -2.23. The Morgan fingerprint density at radius 1 is 1.31 bits per heavy atom. The molecule has 90 valence electrons. The second-order valence-corrected chi connectivity index (χ2v) is 6.49. The maximum Gasteiger partial charge on any atom is 0.0177 e. The Morgan fingerprint density at radius 3 is 2.56 bits per heavy atom. The van der Waals surface area contributed by atoms with Gasteiger partial charge in [-0.05, 0) is 57.4 Å². The molecular formula is C14H22BrN. The lowest BCUT2D eigenvalue weighted by Crippen LogP contribution is -2.39. The van der Waals surface area contributed by atoms with Crippen molar-refractivity contribution in [2.24, 2.45) is 5.92 Å². The summed E-state index contributed by atoms with van der Waals surface area (Å²) < 4.78 is 1.17. The van der Waals surface area contributed by atoms with E-state index in [-0.39, 0.29) is 5.54 Å². The van der Waals surface area contributed by atoms with Crippen molar-refractivity contribution in [1.29, 1.82) is 0 Å². The second-order valence-electron chi connectivity index (χ2n) is 5.57. The molecule has 0 aliphatic carbocycles. The fourth-order valence-corrected chi connectivity index (χ4v) is 2.07. The van der Waals surface area contributed by atoms with Crippen molar-refractivity contribution >= 4 is 15.9 Å². The first kappa shape index (κ1) is 13.7. The van der Waals surface area contributed by atoms with Crippen LogP contribution in [0, 0.1) is 5.92 Å². The highest BCUT2D eigenvalue weighted by molar-refractivity contribution is 9.10. The molecule has 1 aromatic carbocycles. The van der Waals surface area contributed by atoms with Crippen LogP contribution >= 0.6 is 15.9 Å². The Kier molecular flexibility index (Phi) is 5.00. The van der Waals surface area contributed by atoms with Gasteiger partial charge in [0.15, 0.2) is 0 Å². The maximum absolute atomic E-state index is 3.54. The molecule has 1 unspecified atom stereocenters. The third-order valence-corrected chi connectivity index (χ3v) is 2.95. The van der Waals surface area contributed by atoms with Gasteiger partial charge in [0.2, 0.25) is 0 Å². The summed E-state index contributed by atoms with van der Waals surface area (Å²) in [6.07, 6.45) is 1.13. The van der Waals surface area contributed by atoms with E-state index in [9.17, 15) is 0 Å². The van der Waals surface area contributed by atoms with E-state index in [0.29, 0.717) is 5.92 Å². The SMILES string of the molecule is CC(CNC(C)(C)C)Cc1cccc(Br)c1. The molecule has 0 bridgehead atoms. The van der Waals surface area contributed by atoms with Gasteiger partial charge in [-0.2, -0.15) is 0 Å². The molecule has 1 nitrogen and oxygen atoms in total. The van der Waals surface area contributed by atoms with E-state index < -0.39 is 0 Å². The largest absolute Gasteiger partial charge is 0.312 e. The van der Waals surface area contributed by atoms with Crippen molar-refractivity contribution in [1.82, 2.24) is 5.32 Å². The highest BCUT2D eigenvalue weighted by Gasteiger charge is 2.11. The number of hydrogen-bond donors (Lipinski definition) is 1. The quantitative estimate of drug-likeness (QED) is 0.880. The first-order valence-electron chi connectivity index (χ1n) is 5.86. The Labute approximate surface area is 108 Å². The Balaban J connectivity index is 2.43. The minimum atomic E-state index is 0.214. The molecule has 0 radical (unpaired) electrons. The molecule has 0 saturated heterocycles. The van der Waals surface area contributed by atoms with Gasteiger partial charge in [-0.25, -0.2) is 0 Å². The summed E-state index contributed by atoms with van der Waals surface area (Å²) in [5, 5.41) is 3.54. The topological polar surface area (TPSA) is 12.0 Å². The third kappa shape index (κ3) is 5.66. The van der Waals surface area contributed by atoms with Crippen LogP contribution in [0.15, 0.2) is 28.7 Å². The Hall–Kier alpha value is -0.340. The molecule has 0 saturated carbocycles. The normalized spacial score (nSPS) is 13.8. The van der Waals surface area contributed by atoms with Crippen LogP contribution in [0.25, 0.3) is 0 Å². The molecule has 2 heteroatoms. The monoisotopic (exact) mass is 283 g/mol. The first-order valence-corrected chi connectivity index (χ1v) is 6.65. The first-order chi connectivity index (χ1) is 7.37. The summed E-state index contributed by atoms with van der Waals surface area (Å²) in [5.74, 6) is 0.661. The van der Waals surface area contributed by atoms with Gasteiger partial charge in [-0.3, -0.25) is 0 Å². The van der Waals surface area contributed by atoms with Crippen LogP contribution in [-0.2, 0) is 6.42 Å². The predicted molar refractivity (Wildman–Crippen MR) is 74.8 cm³/mol. The zero-order valence-electron chi connectivity index (χ0n) is 10.7. The molecule has 16 heavy (non-hydrogen) atoms. The van der Waals surface area contributed by atoms with Gasteiger partial charge in [-0.1, -0.05) is 35.0 Å². The molecule has 0 heterocycles. The van der Waals surface area contributed by atoms with Gasteiger partial charge in [0.25, 0.3) is 0 Å². The van der Waals surface area contributed by atoms with E-state index in [1.807, 2.05) is 0 Å². The van der Waals surface area contributed by atoms with E-state index in [2.05, 4.69) is 73.2 Å². The van der Waals surface area contributed by atoms with Crippen LogP contribution in [0.2, 0.25) is 0 Å². The molecule has 0 aliphatic rings. The maximum atomic E-state index is 3.54.